The zero-order valence-corrected chi connectivity index (χ0v) is 16.3. The largest absolute Gasteiger partial charge is 0.340 e. The Hall–Kier alpha value is -1.72. The first kappa shape index (κ1) is 19.1. The van der Waals surface area contributed by atoms with Gasteiger partial charge in [-0.1, -0.05) is 41.9 Å². The summed E-state index contributed by atoms with van der Waals surface area (Å²) in [6.07, 6.45) is 0. The van der Waals surface area contributed by atoms with Crippen molar-refractivity contribution < 1.29 is 16.8 Å². The number of anilines is 1. The SMILES string of the molecule is NS(=O)(=O)c1cc2c(cc1Cl)NC(=CSCc1ccccc1)NS2(=O)=O. The Kier molecular flexibility index (Phi) is 5.22. The van der Waals surface area contributed by atoms with Crippen molar-refractivity contribution in [1.29, 1.82) is 0 Å². The molecule has 0 atom stereocenters. The van der Waals surface area contributed by atoms with E-state index in [0.29, 0.717) is 5.75 Å². The van der Waals surface area contributed by atoms with Crippen molar-refractivity contribution in [1.82, 2.24) is 4.72 Å². The number of thioether (sulfide) groups is 1. The first-order valence-electron chi connectivity index (χ1n) is 7.19. The van der Waals surface area contributed by atoms with E-state index in [2.05, 4.69) is 10.0 Å². The number of fused-ring (bicyclic) bond motifs is 1. The molecule has 1 aliphatic rings. The second kappa shape index (κ2) is 7.12. The molecule has 2 aromatic rings. The molecule has 0 bridgehead atoms. The fourth-order valence-electron chi connectivity index (χ4n) is 2.29. The fourth-order valence-corrected chi connectivity index (χ4v) is 5.48. The highest BCUT2D eigenvalue weighted by Gasteiger charge is 2.29. The van der Waals surface area contributed by atoms with Crippen LogP contribution in [0.5, 0.6) is 0 Å². The molecule has 7 nitrogen and oxygen atoms in total. The van der Waals surface area contributed by atoms with E-state index in [0.717, 1.165) is 11.6 Å². The van der Waals surface area contributed by atoms with Crippen LogP contribution in [-0.4, -0.2) is 16.8 Å². The van der Waals surface area contributed by atoms with Crippen LogP contribution in [0.2, 0.25) is 5.02 Å². The standard InChI is InChI=1S/C15H14ClN3O4S3/c16-11-6-12-14(7-13(11)25(17,20)21)26(22,23)19-15(18-12)9-24-8-10-4-2-1-3-5-10/h1-7,9,18-19H,8H2,(H2,17,20,21). The van der Waals surface area contributed by atoms with E-state index < -0.39 is 24.9 Å². The molecule has 26 heavy (non-hydrogen) atoms. The van der Waals surface area contributed by atoms with Gasteiger partial charge in [-0.05, 0) is 17.7 Å². The Balaban J connectivity index is 1.89. The second-order valence-electron chi connectivity index (χ2n) is 5.38. The molecule has 0 fully saturated rings. The van der Waals surface area contributed by atoms with Gasteiger partial charge in [-0.3, -0.25) is 4.72 Å². The third-order valence-electron chi connectivity index (χ3n) is 3.44. The van der Waals surface area contributed by atoms with Crippen molar-refractivity contribution in [2.45, 2.75) is 15.5 Å². The summed E-state index contributed by atoms with van der Waals surface area (Å²) in [4.78, 5) is -0.688. The van der Waals surface area contributed by atoms with E-state index in [1.165, 1.54) is 17.8 Å². The lowest BCUT2D eigenvalue weighted by molar-refractivity contribution is 0.586. The van der Waals surface area contributed by atoms with E-state index in [1.54, 1.807) is 5.41 Å². The average Bonchev–Trinajstić information content (AvgIpc) is 2.53. The van der Waals surface area contributed by atoms with Crippen molar-refractivity contribution in [3.63, 3.8) is 0 Å². The molecular formula is C15H14ClN3O4S3. The Labute approximate surface area is 160 Å². The smallest absolute Gasteiger partial charge is 0.265 e. The van der Waals surface area contributed by atoms with Gasteiger partial charge in [0.2, 0.25) is 10.0 Å². The topological polar surface area (TPSA) is 118 Å². The number of rotatable bonds is 4. The molecule has 0 unspecified atom stereocenters. The lowest BCUT2D eigenvalue weighted by atomic mass is 10.2. The highest BCUT2D eigenvalue weighted by Crippen LogP contribution is 2.34. The van der Waals surface area contributed by atoms with Gasteiger partial charge >= 0.3 is 0 Å². The quantitative estimate of drug-likeness (QED) is 0.684. The number of halogens is 1. The Morgan fingerprint density at radius 1 is 1.19 bits per heavy atom. The number of hydrogen-bond acceptors (Lipinski definition) is 6. The molecule has 4 N–H and O–H groups in total. The Morgan fingerprint density at radius 3 is 2.54 bits per heavy atom. The first-order chi connectivity index (χ1) is 12.2. The van der Waals surface area contributed by atoms with Crippen molar-refractivity contribution in [2.24, 2.45) is 5.14 Å². The van der Waals surface area contributed by atoms with E-state index in [-0.39, 0.29) is 21.4 Å². The molecule has 0 aromatic heterocycles. The third-order valence-corrected chi connectivity index (χ3v) is 7.12. The van der Waals surface area contributed by atoms with Gasteiger partial charge in [0, 0.05) is 11.2 Å². The zero-order valence-electron chi connectivity index (χ0n) is 13.1. The van der Waals surface area contributed by atoms with E-state index >= 15 is 0 Å². The fraction of sp³-hybridized carbons (Fsp3) is 0.0667. The summed E-state index contributed by atoms with van der Waals surface area (Å²) in [5, 5.41) is 9.43. The number of sulfonamides is 2. The van der Waals surface area contributed by atoms with Gasteiger partial charge in [-0.15, -0.1) is 11.8 Å². The van der Waals surface area contributed by atoms with Crippen LogP contribution in [0, 0.1) is 0 Å². The molecule has 2 aromatic carbocycles. The summed E-state index contributed by atoms with van der Waals surface area (Å²) in [5.41, 5.74) is 1.27. The van der Waals surface area contributed by atoms with Crippen LogP contribution in [0.1, 0.15) is 5.56 Å². The van der Waals surface area contributed by atoms with Crippen LogP contribution in [0.3, 0.4) is 0 Å². The maximum Gasteiger partial charge on any atom is 0.265 e. The summed E-state index contributed by atoms with van der Waals surface area (Å²) >= 11 is 7.33. The first-order valence-corrected chi connectivity index (χ1v) is 11.6. The van der Waals surface area contributed by atoms with Crippen molar-refractivity contribution in [3.8, 4) is 0 Å². The molecule has 1 heterocycles. The second-order valence-corrected chi connectivity index (χ2v) is 9.83. The van der Waals surface area contributed by atoms with Crippen molar-refractivity contribution in [3.05, 3.63) is 64.3 Å². The maximum atomic E-state index is 12.4. The summed E-state index contributed by atoms with van der Waals surface area (Å²) in [6, 6.07) is 11.9. The van der Waals surface area contributed by atoms with Gasteiger partial charge in [-0.25, -0.2) is 22.0 Å². The molecule has 0 saturated heterocycles. The van der Waals surface area contributed by atoms with Crippen LogP contribution < -0.4 is 15.2 Å². The molecular weight excluding hydrogens is 418 g/mol. The van der Waals surface area contributed by atoms with Gasteiger partial charge in [-0.2, -0.15) is 0 Å². The molecule has 3 rings (SSSR count). The molecule has 138 valence electrons. The van der Waals surface area contributed by atoms with Gasteiger partial charge in [0.15, 0.2) is 0 Å². The predicted octanol–water partition coefficient (Wildman–Crippen LogP) is 2.42. The van der Waals surface area contributed by atoms with Crippen LogP contribution in [0.4, 0.5) is 5.69 Å². The molecule has 0 radical (unpaired) electrons. The van der Waals surface area contributed by atoms with Crippen molar-refractivity contribution in [2.75, 3.05) is 5.32 Å². The van der Waals surface area contributed by atoms with Gasteiger partial charge < -0.3 is 5.32 Å². The van der Waals surface area contributed by atoms with E-state index in [4.69, 9.17) is 16.7 Å². The highest BCUT2D eigenvalue weighted by atomic mass is 35.5. The number of hydrogen-bond donors (Lipinski definition) is 3. The summed E-state index contributed by atoms with van der Waals surface area (Å²) in [6.45, 7) is 0. The Morgan fingerprint density at radius 2 is 1.88 bits per heavy atom. The van der Waals surface area contributed by atoms with Crippen LogP contribution in [0.25, 0.3) is 0 Å². The monoisotopic (exact) mass is 431 g/mol. The molecule has 1 aliphatic heterocycles. The maximum absolute atomic E-state index is 12.4. The molecule has 0 amide bonds. The molecule has 0 saturated carbocycles. The lowest BCUT2D eigenvalue weighted by Gasteiger charge is -2.23. The van der Waals surface area contributed by atoms with Crippen LogP contribution in [0.15, 0.2) is 63.5 Å². The van der Waals surface area contributed by atoms with E-state index in [9.17, 15) is 16.8 Å². The van der Waals surface area contributed by atoms with Gasteiger partial charge in [0.25, 0.3) is 10.0 Å². The van der Waals surface area contributed by atoms with Crippen molar-refractivity contribution >= 4 is 49.1 Å². The zero-order chi connectivity index (χ0) is 18.9. The van der Waals surface area contributed by atoms with Crippen LogP contribution in [-0.2, 0) is 25.8 Å². The number of nitrogens with two attached hydrogens (primary N) is 1. The normalized spacial score (nSPS) is 17.2. The van der Waals surface area contributed by atoms with E-state index in [1.807, 2.05) is 30.3 Å². The average molecular weight is 432 g/mol. The summed E-state index contributed by atoms with van der Waals surface area (Å²) < 4.78 is 50.3. The molecule has 11 heteroatoms. The van der Waals surface area contributed by atoms with Crippen LogP contribution >= 0.6 is 23.4 Å². The van der Waals surface area contributed by atoms with Gasteiger partial charge in [0.1, 0.15) is 15.6 Å². The molecule has 0 aliphatic carbocycles. The summed E-state index contributed by atoms with van der Waals surface area (Å²) in [5.74, 6) is 0.906. The minimum absolute atomic E-state index is 0.160. The van der Waals surface area contributed by atoms with Gasteiger partial charge in [0.05, 0.1) is 10.7 Å². The minimum atomic E-state index is -4.15. The summed E-state index contributed by atoms with van der Waals surface area (Å²) in [7, 11) is -8.10. The minimum Gasteiger partial charge on any atom is -0.340 e. The lowest BCUT2D eigenvalue weighted by Crippen LogP contribution is -2.33. The molecule has 0 spiro atoms. The number of nitrogens with one attached hydrogen (secondary N) is 2. The highest BCUT2D eigenvalue weighted by molar-refractivity contribution is 8.01. The number of benzene rings is 2. The third kappa shape index (κ3) is 4.15. The predicted molar refractivity (Wildman–Crippen MR) is 103 cm³/mol. The Bertz CT molecular complexity index is 1080. The number of primary sulfonamides is 1.